The fourth-order valence-corrected chi connectivity index (χ4v) is 4.09. The number of benzene rings is 1. The molecule has 162 valence electrons. The van der Waals surface area contributed by atoms with Crippen molar-refractivity contribution in [2.24, 2.45) is 0 Å². The number of rotatable bonds is 7. The van der Waals surface area contributed by atoms with Gasteiger partial charge in [-0.15, -0.1) is 0 Å². The van der Waals surface area contributed by atoms with Crippen LogP contribution in [0.2, 0.25) is 0 Å². The zero-order chi connectivity index (χ0) is 22.0. The van der Waals surface area contributed by atoms with Gasteiger partial charge in [-0.05, 0) is 71.6 Å². The number of amides is 1. The van der Waals surface area contributed by atoms with E-state index in [0.717, 1.165) is 35.8 Å². The Kier molecular flexibility index (Phi) is 6.48. The highest BCUT2D eigenvalue weighted by Crippen LogP contribution is 2.29. The van der Waals surface area contributed by atoms with Gasteiger partial charge in [-0.3, -0.25) is 4.79 Å². The number of nitrogens with zero attached hydrogens (tertiary/aromatic N) is 1. The van der Waals surface area contributed by atoms with E-state index < -0.39 is 12.1 Å². The molecular formula is C23H29NO6. The van der Waals surface area contributed by atoms with Crippen molar-refractivity contribution < 1.29 is 23.5 Å². The van der Waals surface area contributed by atoms with Gasteiger partial charge in [0, 0.05) is 29.1 Å². The van der Waals surface area contributed by atoms with E-state index in [4.69, 9.17) is 13.9 Å². The maximum atomic E-state index is 12.6. The summed E-state index contributed by atoms with van der Waals surface area (Å²) in [7, 11) is 0. The van der Waals surface area contributed by atoms with E-state index in [9.17, 15) is 14.4 Å². The molecule has 0 N–H and O–H groups in total. The van der Waals surface area contributed by atoms with Crippen LogP contribution < -0.4 is 10.4 Å². The fraction of sp³-hybridized carbons (Fsp3) is 0.522. The van der Waals surface area contributed by atoms with Gasteiger partial charge in [0.1, 0.15) is 11.3 Å². The number of esters is 1. The lowest BCUT2D eigenvalue weighted by molar-refractivity contribution is -0.162. The molecule has 0 radical (unpaired) electrons. The van der Waals surface area contributed by atoms with Gasteiger partial charge in [0.25, 0.3) is 5.91 Å². The molecule has 0 spiro atoms. The zero-order valence-electron chi connectivity index (χ0n) is 18.2. The Morgan fingerprint density at radius 3 is 2.40 bits per heavy atom. The Bertz CT molecular complexity index is 999. The van der Waals surface area contributed by atoms with E-state index in [1.54, 1.807) is 24.0 Å². The largest absolute Gasteiger partial charge is 0.482 e. The number of hydrogen-bond acceptors (Lipinski definition) is 6. The highest BCUT2D eigenvalue weighted by atomic mass is 16.6. The molecule has 7 heteroatoms. The van der Waals surface area contributed by atoms with E-state index in [-0.39, 0.29) is 30.2 Å². The number of carbonyl (C=O) groups is 2. The molecule has 1 heterocycles. The summed E-state index contributed by atoms with van der Waals surface area (Å²) < 4.78 is 16.2. The highest BCUT2D eigenvalue weighted by Gasteiger charge is 2.27. The predicted octanol–water partition coefficient (Wildman–Crippen LogP) is 3.24. The number of ether oxygens (including phenoxy) is 2. The van der Waals surface area contributed by atoms with Gasteiger partial charge >= 0.3 is 11.6 Å². The quantitative estimate of drug-likeness (QED) is 0.510. The first-order valence-corrected chi connectivity index (χ1v) is 10.4. The third kappa shape index (κ3) is 4.50. The summed E-state index contributed by atoms with van der Waals surface area (Å²) in [6, 6.07) is 5.20. The Morgan fingerprint density at radius 1 is 1.07 bits per heavy atom. The second-order valence-corrected chi connectivity index (χ2v) is 8.21. The van der Waals surface area contributed by atoms with Crippen LogP contribution in [0.1, 0.15) is 52.2 Å². The van der Waals surface area contributed by atoms with Crippen LogP contribution in [-0.4, -0.2) is 41.6 Å². The molecule has 1 aromatic carbocycles. The summed E-state index contributed by atoms with van der Waals surface area (Å²) in [5.74, 6) is -0.487. The number of fused-ring (bicyclic) bond motifs is 3. The van der Waals surface area contributed by atoms with Crippen LogP contribution in [0.4, 0.5) is 0 Å². The number of carbonyl (C=O) groups excluding carboxylic acids is 2. The molecule has 7 nitrogen and oxygen atoms in total. The average Bonchev–Trinajstić information content (AvgIpc) is 3.16. The molecule has 30 heavy (non-hydrogen) atoms. The highest BCUT2D eigenvalue weighted by molar-refractivity contribution is 5.85. The van der Waals surface area contributed by atoms with Crippen molar-refractivity contribution in [2.45, 2.75) is 72.1 Å². The van der Waals surface area contributed by atoms with Crippen molar-refractivity contribution in [1.29, 1.82) is 0 Å². The second kappa shape index (κ2) is 8.90. The Labute approximate surface area is 175 Å². The van der Waals surface area contributed by atoms with Crippen LogP contribution >= 0.6 is 0 Å². The molecule has 0 unspecified atom stereocenters. The van der Waals surface area contributed by atoms with E-state index in [1.165, 1.54) is 0 Å². The van der Waals surface area contributed by atoms with Crippen molar-refractivity contribution in [3.8, 4) is 5.75 Å². The fourth-order valence-electron chi connectivity index (χ4n) is 4.09. The smallest absolute Gasteiger partial charge is 0.344 e. The van der Waals surface area contributed by atoms with Gasteiger partial charge < -0.3 is 18.8 Å². The molecule has 0 saturated carbocycles. The Balaban J connectivity index is 1.63. The van der Waals surface area contributed by atoms with Gasteiger partial charge in [0.2, 0.25) is 0 Å². The summed E-state index contributed by atoms with van der Waals surface area (Å²) in [5.41, 5.74) is 1.94. The minimum absolute atomic E-state index is 0.00334. The van der Waals surface area contributed by atoms with Crippen LogP contribution in [0.15, 0.2) is 27.4 Å². The van der Waals surface area contributed by atoms with Gasteiger partial charge in [0.15, 0.2) is 12.7 Å². The summed E-state index contributed by atoms with van der Waals surface area (Å²) in [6.07, 6.45) is 1.66. The minimum Gasteiger partial charge on any atom is -0.482 e. The van der Waals surface area contributed by atoms with Crippen molar-refractivity contribution in [3.63, 3.8) is 0 Å². The lowest BCUT2D eigenvalue weighted by Gasteiger charge is -2.32. The van der Waals surface area contributed by atoms with Crippen LogP contribution in [-0.2, 0) is 27.2 Å². The molecule has 0 fully saturated rings. The maximum Gasteiger partial charge on any atom is 0.344 e. The summed E-state index contributed by atoms with van der Waals surface area (Å²) in [4.78, 5) is 38.6. The monoisotopic (exact) mass is 415 g/mol. The summed E-state index contributed by atoms with van der Waals surface area (Å²) >= 11 is 0. The first kappa shape index (κ1) is 21.9. The van der Waals surface area contributed by atoms with Crippen LogP contribution in [0, 0.1) is 0 Å². The van der Waals surface area contributed by atoms with Crippen LogP contribution in [0.25, 0.3) is 11.0 Å². The molecule has 1 aliphatic carbocycles. The molecule has 0 bridgehead atoms. The zero-order valence-corrected chi connectivity index (χ0v) is 18.2. The summed E-state index contributed by atoms with van der Waals surface area (Å²) in [5, 5.41) is 0.902. The molecule has 1 atom stereocenters. The van der Waals surface area contributed by atoms with Crippen molar-refractivity contribution in [2.75, 3.05) is 6.61 Å². The van der Waals surface area contributed by atoms with Crippen LogP contribution in [0.5, 0.6) is 5.75 Å². The molecular weight excluding hydrogens is 386 g/mol. The van der Waals surface area contributed by atoms with Crippen molar-refractivity contribution in [1.82, 2.24) is 4.90 Å². The van der Waals surface area contributed by atoms with Crippen LogP contribution in [0.3, 0.4) is 0 Å². The third-order valence-corrected chi connectivity index (χ3v) is 5.32. The molecule has 0 aliphatic heterocycles. The maximum absolute atomic E-state index is 12.6. The predicted molar refractivity (Wildman–Crippen MR) is 113 cm³/mol. The molecule has 2 aromatic rings. The van der Waals surface area contributed by atoms with E-state index in [0.29, 0.717) is 11.3 Å². The van der Waals surface area contributed by atoms with Gasteiger partial charge in [0.05, 0.1) is 0 Å². The second-order valence-electron chi connectivity index (χ2n) is 8.21. The number of hydrogen-bond donors (Lipinski definition) is 0. The molecule has 1 aromatic heterocycles. The van der Waals surface area contributed by atoms with E-state index >= 15 is 0 Å². The molecule has 0 saturated heterocycles. The first-order chi connectivity index (χ1) is 14.2. The SMILES string of the molecule is CC(C)N(C(=O)[C@@H](C)OC(=O)COc1ccc2c3c(c(=O)oc2c1)CCC3)C(C)C. The van der Waals surface area contributed by atoms with Gasteiger partial charge in [-0.2, -0.15) is 0 Å². The third-order valence-electron chi connectivity index (χ3n) is 5.32. The normalized spacial score (nSPS) is 14.1. The van der Waals surface area contributed by atoms with E-state index in [2.05, 4.69) is 0 Å². The molecule has 1 aliphatic rings. The summed E-state index contributed by atoms with van der Waals surface area (Å²) in [6.45, 7) is 8.89. The van der Waals surface area contributed by atoms with Crippen molar-refractivity contribution >= 4 is 22.8 Å². The van der Waals surface area contributed by atoms with Crippen molar-refractivity contribution in [3.05, 3.63) is 39.7 Å². The Morgan fingerprint density at radius 2 is 1.73 bits per heavy atom. The topological polar surface area (TPSA) is 86.0 Å². The van der Waals surface area contributed by atoms with E-state index in [1.807, 2.05) is 33.8 Å². The van der Waals surface area contributed by atoms with Gasteiger partial charge in [-0.25, -0.2) is 9.59 Å². The molecule has 3 rings (SSSR count). The average molecular weight is 415 g/mol. The molecule has 1 amide bonds. The number of aryl methyl sites for hydroxylation is 1. The minimum atomic E-state index is -0.900. The lowest BCUT2D eigenvalue weighted by atomic mass is 10.1. The first-order valence-electron chi connectivity index (χ1n) is 10.4. The lowest BCUT2D eigenvalue weighted by Crippen LogP contribution is -2.47. The van der Waals surface area contributed by atoms with Gasteiger partial charge in [-0.1, -0.05) is 0 Å². The Hall–Kier alpha value is -2.83. The standard InChI is InChI=1S/C23H29NO6/c1-13(2)24(14(3)4)22(26)15(5)29-21(25)12-28-16-9-10-18-17-7-6-8-19(17)23(27)30-20(18)11-16/h9-11,13-15H,6-8,12H2,1-5H3/t15-/m1/s1.